The van der Waals surface area contributed by atoms with E-state index in [1.807, 2.05) is 6.92 Å². The molecule has 8 nitrogen and oxygen atoms in total. The van der Waals surface area contributed by atoms with Gasteiger partial charge in [0.2, 0.25) is 10.4 Å². The first-order chi connectivity index (χ1) is 9.20. The maximum Gasteiger partial charge on any atom is 0.257 e. The van der Waals surface area contributed by atoms with Gasteiger partial charge in [0, 0.05) is 0 Å². The number of rotatable bonds is 3. The highest BCUT2D eigenvalue weighted by atomic mass is 35.5. The van der Waals surface area contributed by atoms with E-state index in [-0.39, 0.29) is 5.28 Å². The Morgan fingerprint density at radius 2 is 2.16 bits per heavy atom. The van der Waals surface area contributed by atoms with Crippen molar-refractivity contribution in [1.82, 2.24) is 39.9 Å². The first-order valence-corrected chi connectivity index (χ1v) is 6.96. The SMILES string of the molecule is Cc1nnc(Sc2nc(Cl)nc(-n3cncn3)n2)s1. The van der Waals surface area contributed by atoms with Crippen molar-refractivity contribution in [1.29, 1.82) is 0 Å². The van der Waals surface area contributed by atoms with Crippen LogP contribution < -0.4 is 0 Å². The van der Waals surface area contributed by atoms with Gasteiger partial charge in [-0.3, -0.25) is 0 Å². The second-order valence-corrected chi connectivity index (χ2v) is 5.95. The zero-order chi connectivity index (χ0) is 13.2. The molecule has 0 unspecified atom stereocenters. The molecule has 0 radical (unpaired) electrons. The zero-order valence-corrected chi connectivity index (χ0v) is 11.8. The van der Waals surface area contributed by atoms with Crippen LogP contribution in [-0.2, 0) is 0 Å². The van der Waals surface area contributed by atoms with Crippen LogP contribution in [0.4, 0.5) is 0 Å². The highest BCUT2D eigenvalue weighted by molar-refractivity contribution is 8.00. The molecule has 11 heteroatoms. The van der Waals surface area contributed by atoms with Crippen LogP contribution in [0.2, 0.25) is 5.28 Å². The Hall–Kier alpha value is -1.65. The molecule has 3 rings (SSSR count). The van der Waals surface area contributed by atoms with Gasteiger partial charge < -0.3 is 0 Å². The summed E-state index contributed by atoms with van der Waals surface area (Å²) in [6, 6.07) is 0. The summed E-state index contributed by atoms with van der Waals surface area (Å²) >= 11 is 8.59. The van der Waals surface area contributed by atoms with Crippen molar-refractivity contribution in [3.8, 4) is 5.95 Å². The molecule has 3 heterocycles. The molecule has 0 saturated carbocycles. The third-order valence-electron chi connectivity index (χ3n) is 1.89. The Balaban J connectivity index is 1.94. The van der Waals surface area contributed by atoms with Crippen LogP contribution in [0.5, 0.6) is 0 Å². The van der Waals surface area contributed by atoms with Crippen LogP contribution in [-0.4, -0.2) is 39.9 Å². The standard InChI is InChI=1S/C8H5ClN8S2/c1-4-15-16-8(18-4)19-7-13-5(9)12-6(14-7)17-3-10-2-11-17/h2-3H,1H3. The normalized spacial score (nSPS) is 10.8. The Morgan fingerprint density at radius 1 is 1.26 bits per heavy atom. The molecule has 0 amide bonds. The Morgan fingerprint density at radius 3 is 2.84 bits per heavy atom. The van der Waals surface area contributed by atoms with Gasteiger partial charge in [-0.25, -0.2) is 4.98 Å². The highest BCUT2D eigenvalue weighted by Crippen LogP contribution is 2.27. The largest absolute Gasteiger partial charge is 0.257 e. The van der Waals surface area contributed by atoms with Gasteiger partial charge in [-0.05, 0) is 30.3 Å². The number of hydrogen-bond donors (Lipinski definition) is 0. The lowest BCUT2D eigenvalue weighted by Gasteiger charge is -2.01. The number of aryl methyl sites for hydroxylation is 1. The maximum absolute atomic E-state index is 5.87. The van der Waals surface area contributed by atoms with Crippen molar-refractivity contribution in [2.24, 2.45) is 0 Å². The molecule has 0 saturated heterocycles. The lowest BCUT2D eigenvalue weighted by molar-refractivity contribution is 0.757. The summed E-state index contributed by atoms with van der Waals surface area (Å²) < 4.78 is 2.15. The van der Waals surface area contributed by atoms with Crippen LogP contribution in [0.15, 0.2) is 22.2 Å². The Bertz CT molecular complexity index is 697. The minimum atomic E-state index is 0.0873. The monoisotopic (exact) mass is 312 g/mol. The molecular weight excluding hydrogens is 308 g/mol. The molecule has 3 aromatic rings. The lowest BCUT2D eigenvalue weighted by atomic mass is 10.9. The van der Waals surface area contributed by atoms with Crippen molar-refractivity contribution in [2.45, 2.75) is 16.4 Å². The topological polar surface area (TPSA) is 95.2 Å². The van der Waals surface area contributed by atoms with Gasteiger partial charge in [0.1, 0.15) is 17.7 Å². The molecule has 0 aliphatic carbocycles. The fraction of sp³-hybridized carbons (Fsp3) is 0.125. The molecule has 0 aromatic carbocycles. The van der Waals surface area contributed by atoms with E-state index in [0.717, 1.165) is 9.35 Å². The summed E-state index contributed by atoms with van der Waals surface area (Å²) in [4.78, 5) is 16.1. The molecule has 0 N–H and O–H groups in total. The molecule has 3 aromatic heterocycles. The van der Waals surface area contributed by atoms with Crippen LogP contribution in [0.25, 0.3) is 5.95 Å². The summed E-state index contributed by atoms with van der Waals surface area (Å²) in [6.45, 7) is 1.88. The first kappa shape index (κ1) is 12.4. The van der Waals surface area contributed by atoms with Crippen molar-refractivity contribution in [3.63, 3.8) is 0 Å². The zero-order valence-electron chi connectivity index (χ0n) is 9.43. The quantitative estimate of drug-likeness (QED) is 0.716. The predicted molar refractivity (Wildman–Crippen MR) is 68.5 cm³/mol. The van der Waals surface area contributed by atoms with E-state index in [4.69, 9.17) is 11.6 Å². The summed E-state index contributed by atoms with van der Waals surface area (Å²) in [6.07, 6.45) is 2.87. The van der Waals surface area contributed by atoms with Gasteiger partial charge >= 0.3 is 0 Å². The fourth-order valence-corrected chi connectivity index (χ4v) is 3.05. The second-order valence-electron chi connectivity index (χ2n) is 3.22. The van der Waals surface area contributed by atoms with E-state index < -0.39 is 0 Å². The Kier molecular flexibility index (Phi) is 3.36. The third-order valence-corrected chi connectivity index (χ3v) is 3.81. The van der Waals surface area contributed by atoms with Crippen molar-refractivity contribution in [2.75, 3.05) is 0 Å². The Labute approximate surface area is 120 Å². The number of aromatic nitrogens is 8. The van der Waals surface area contributed by atoms with E-state index in [1.54, 1.807) is 0 Å². The average molecular weight is 313 g/mol. The van der Waals surface area contributed by atoms with Gasteiger partial charge in [0.25, 0.3) is 5.95 Å². The van der Waals surface area contributed by atoms with Crippen LogP contribution >= 0.6 is 34.7 Å². The third kappa shape index (κ3) is 2.85. The number of halogens is 1. The molecule has 0 atom stereocenters. The van der Waals surface area contributed by atoms with Gasteiger partial charge in [0.05, 0.1) is 0 Å². The summed E-state index contributed by atoms with van der Waals surface area (Å²) in [5.74, 6) is 0.307. The molecule has 0 fully saturated rings. The smallest absolute Gasteiger partial charge is 0.223 e. The van der Waals surface area contributed by atoms with Crippen LogP contribution in [0, 0.1) is 6.92 Å². The minimum Gasteiger partial charge on any atom is -0.223 e. The van der Waals surface area contributed by atoms with Gasteiger partial charge in [-0.2, -0.15) is 24.7 Å². The number of hydrogen-bond acceptors (Lipinski definition) is 9. The van der Waals surface area contributed by atoms with Crippen LogP contribution in [0.1, 0.15) is 5.01 Å². The maximum atomic E-state index is 5.87. The van der Waals surface area contributed by atoms with Crippen LogP contribution in [0.3, 0.4) is 0 Å². The average Bonchev–Trinajstić information content (AvgIpc) is 3.00. The van der Waals surface area contributed by atoms with Crippen molar-refractivity contribution in [3.05, 3.63) is 22.9 Å². The van der Waals surface area contributed by atoms with E-state index >= 15 is 0 Å². The lowest BCUT2D eigenvalue weighted by Crippen LogP contribution is -2.04. The molecule has 0 aliphatic rings. The van der Waals surface area contributed by atoms with E-state index in [9.17, 15) is 0 Å². The summed E-state index contributed by atoms with van der Waals surface area (Å²) in [5, 5.41) is 13.2. The van der Waals surface area contributed by atoms with Crippen molar-refractivity contribution < 1.29 is 0 Å². The van der Waals surface area contributed by atoms with Gasteiger partial charge in [-0.15, -0.1) is 10.2 Å². The molecular formula is C8H5ClN8S2. The van der Waals surface area contributed by atoms with E-state index in [2.05, 4.69) is 35.2 Å². The highest BCUT2D eigenvalue weighted by Gasteiger charge is 2.11. The molecule has 96 valence electrons. The summed E-state index contributed by atoms with van der Waals surface area (Å²) in [5.41, 5.74) is 0. The van der Waals surface area contributed by atoms with E-state index in [0.29, 0.717) is 11.1 Å². The number of nitrogens with zero attached hydrogens (tertiary/aromatic N) is 8. The minimum absolute atomic E-state index is 0.0873. The summed E-state index contributed by atoms with van der Waals surface area (Å²) in [7, 11) is 0. The molecule has 0 bridgehead atoms. The first-order valence-electron chi connectivity index (χ1n) is 4.95. The predicted octanol–water partition coefficient (Wildman–Crippen LogP) is 1.42. The second kappa shape index (κ2) is 5.15. The fourth-order valence-electron chi connectivity index (χ4n) is 1.18. The molecule has 19 heavy (non-hydrogen) atoms. The van der Waals surface area contributed by atoms with Crippen molar-refractivity contribution >= 4 is 34.7 Å². The van der Waals surface area contributed by atoms with E-state index in [1.165, 1.54) is 40.4 Å². The van der Waals surface area contributed by atoms with Gasteiger partial charge in [-0.1, -0.05) is 11.3 Å². The molecule has 0 spiro atoms. The van der Waals surface area contributed by atoms with Gasteiger partial charge in [0.15, 0.2) is 4.34 Å². The molecule has 0 aliphatic heterocycles.